The van der Waals surface area contributed by atoms with Crippen molar-refractivity contribution in [3.8, 4) is 0 Å². The Labute approximate surface area is 157 Å². The fraction of sp³-hybridized carbons (Fsp3) is 0.278. The molecule has 2 aromatic rings. The van der Waals surface area contributed by atoms with E-state index in [1.54, 1.807) is 11.8 Å². The fourth-order valence-corrected chi connectivity index (χ4v) is 3.91. The third-order valence-corrected chi connectivity index (χ3v) is 5.63. The summed E-state index contributed by atoms with van der Waals surface area (Å²) in [5.41, 5.74) is 1.33. The van der Waals surface area contributed by atoms with Crippen LogP contribution in [0.15, 0.2) is 54.6 Å². The van der Waals surface area contributed by atoms with Crippen LogP contribution < -0.4 is 9.62 Å². The number of carbonyl (C=O) groups is 1. The topological polar surface area (TPSA) is 66.5 Å². The van der Waals surface area contributed by atoms with Crippen molar-refractivity contribution >= 4 is 33.4 Å². The SMILES string of the molecule is CS(=O)(=O)N(CC(=O)NCCSCc1ccccc1)c1cccc(F)c1. The van der Waals surface area contributed by atoms with E-state index >= 15 is 0 Å². The molecule has 5 nitrogen and oxygen atoms in total. The summed E-state index contributed by atoms with van der Waals surface area (Å²) in [5.74, 6) is 0.559. The van der Waals surface area contributed by atoms with Crippen LogP contribution in [-0.4, -0.2) is 39.4 Å². The molecule has 0 saturated carbocycles. The van der Waals surface area contributed by atoms with Gasteiger partial charge in [0.1, 0.15) is 12.4 Å². The summed E-state index contributed by atoms with van der Waals surface area (Å²) >= 11 is 1.67. The highest BCUT2D eigenvalue weighted by molar-refractivity contribution is 7.98. The Morgan fingerprint density at radius 3 is 2.54 bits per heavy atom. The van der Waals surface area contributed by atoms with Crippen LogP contribution in [0.1, 0.15) is 5.56 Å². The van der Waals surface area contributed by atoms with Gasteiger partial charge in [-0.15, -0.1) is 0 Å². The number of nitrogens with zero attached hydrogens (tertiary/aromatic N) is 1. The first-order chi connectivity index (χ1) is 12.4. The zero-order valence-corrected chi connectivity index (χ0v) is 16.0. The molecule has 1 N–H and O–H groups in total. The first kappa shape index (κ1) is 20.3. The van der Waals surface area contributed by atoms with Crippen LogP contribution >= 0.6 is 11.8 Å². The molecule has 0 saturated heterocycles. The molecule has 0 radical (unpaired) electrons. The molecule has 0 aromatic heterocycles. The Bertz CT molecular complexity index is 829. The zero-order valence-electron chi connectivity index (χ0n) is 14.4. The smallest absolute Gasteiger partial charge is 0.240 e. The summed E-state index contributed by atoms with van der Waals surface area (Å²) in [7, 11) is -3.70. The van der Waals surface area contributed by atoms with Crippen molar-refractivity contribution in [1.82, 2.24) is 5.32 Å². The van der Waals surface area contributed by atoms with E-state index in [0.717, 1.165) is 22.4 Å². The highest BCUT2D eigenvalue weighted by Crippen LogP contribution is 2.18. The Morgan fingerprint density at radius 1 is 1.15 bits per heavy atom. The predicted molar refractivity (Wildman–Crippen MR) is 104 cm³/mol. The van der Waals surface area contributed by atoms with E-state index in [4.69, 9.17) is 0 Å². The lowest BCUT2D eigenvalue weighted by molar-refractivity contribution is -0.119. The summed E-state index contributed by atoms with van der Waals surface area (Å²) in [6.45, 7) is 0.0444. The van der Waals surface area contributed by atoms with E-state index in [1.807, 2.05) is 30.3 Å². The van der Waals surface area contributed by atoms with Crippen molar-refractivity contribution in [3.05, 3.63) is 66.0 Å². The lowest BCUT2D eigenvalue weighted by atomic mass is 10.2. The second-order valence-electron chi connectivity index (χ2n) is 5.64. The molecule has 26 heavy (non-hydrogen) atoms. The van der Waals surface area contributed by atoms with E-state index in [2.05, 4.69) is 5.32 Å². The van der Waals surface area contributed by atoms with Gasteiger partial charge in [-0.2, -0.15) is 11.8 Å². The number of thioether (sulfide) groups is 1. The number of amides is 1. The van der Waals surface area contributed by atoms with Crippen LogP contribution in [0.3, 0.4) is 0 Å². The van der Waals surface area contributed by atoms with Crippen molar-refractivity contribution in [1.29, 1.82) is 0 Å². The van der Waals surface area contributed by atoms with E-state index in [9.17, 15) is 17.6 Å². The minimum absolute atomic E-state index is 0.126. The molecule has 0 spiro atoms. The van der Waals surface area contributed by atoms with Gasteiger partial charge in [0.2, 0.25) is 15.9 Å². The van der Waals surface area contributed by atoms with E-state index in [1.165, 1.54) is 23.8 Å². The van der Waals surface area contributed by atoms with Gasteiger partial charge in [0, 0.05) is 18.1 Å². The van der Waals surface area contributed by atoms with Gasteiger partial charge in [0.15, 0.2) is 0 Å². The van der Waals surface area contributed by atoms with Gasteiger partial charge in [-0.25, -0.2) is 12.8 Å². The van der Waals surface area contributed by atoms with E-state index < -0.39 is 21.7 Å². The monoisotopic (exact) mass is 396 g/mol. The second-order valence-corrected chi connectivity index (χ2v) is 8.65. The Hall–Kier alpha value is -2.06. The van der Waals surface area contributed by atoms with E-state index in [0.29, 0.717) is 12.3 Å². The minimum Gasteiger partial charge on any atom is -0.354 e. The van der Waals surface area contributed by atoms with Crippen LogP contribution in [0.2, 0.25) is 0 Å². The zero-order chi connectivity index (χ0) is 19.0. The molecule has 2 rings (SSSR count). The maximum absolute atomic E-state index is 13.4. The van der Waals surface area contributed by atoms with Gasteiger partial charge < -0.3 is 5.32 Å². The first-order valence-electron chi connectivity index (χ1n) is 7.98. The lowest BCUT2D eigenvalue weighted by Crippen LogP contribution is -2.41. The number of nitrogens with one attached hydrogen (secondary N) is 1. The molecule has 0 bridgehead atoms. The minimum atomic E-state index is -3.70. The van der Waals surface area contributed by atoms with Gasteiger partial charge in [-0.3, -0.25) is 9.10 Å². The summed E-state index contributed by atoms with van der Waals surface area (Å²) in [4.78, 5) is 12.1. The molecule has 8 heteroatoms. The summed E-state index contributed by atoms with van der Waals surface area (Å²) < 4.78 is 38.1. The Balaban J connectivity index is 1.82. The number of benzene rings is 2. The molecule has 0 aliphatic rings. The number of sulfonamides is 1. The molecular weight excluding hydrogens is 375 g/mol. The van der Waals surface area contributed by atoms with Crippen molar-refractivity contribution < 1.29 is 17.6 Å². The van der Waals surface area contributed by atoms with Crippen LogP contribution in [0.5, 0.6) is 0 Å². The molecule has 140 valence electrons. The fourth-order valence-electron chi connectivity index (χ4n) is 2.24. The standard InChI is InChI=1S/C18H21FN2O3S2/c1-26(23,24)21(17-9-5-8-16(19)12-17)13-18(22)20-10-11-25-14-15-6-3-2-4-7-15/h2-9,12H,10-11,13-14H2,1H3,(H,20,22). The summed E-state index contributed by atoms with van der Waals surface area (Å²) in [6.07, 6.45) is 0.987. The lowest BCUT2D eigenvalue weighted by Gasteiger charge is -2.21. The van der Waals surface area contributed by atoms with Crippen molar-refractivity contribution in [3.63, 3.8) is 0 Å². The van der Waals surface area contributed by atoms with Crippen molar-refractivity contribution in [2.45, 2.75) is 5.75 Å². The Morgan fingerprint density at radius 2 is 1.88 bits per heavy atom. The summed E-state index contributed by atoms with van der Waals surface area (Å²) in [5, 5.41) is 2.70. The third-order valence-electron chi connectivity index (χ3n) is 3.46. The second kappa shape index (κ2) is 9.59. The number of hydrogen-bond acceptors (Lipinski definition) is 4. The van der Waals surface area contributed by atoms with Crippen LogP contribution in [0.4, 0.5) is 10.1 Å². The average Bonchev–Trinajstić information content (AvgIpc) is 2.59. The molecule has 1 amide bonds. The normalized spacial score (nSPS) is 11.2. The first-order valence-corrected chi connectivity index (χ1v) is 11.0. The predicted octanol–water partition coefficient (Wildman–Crippen LogP) is 2.64. The Kier molecular flexibility index (Phi) is 7.47. The van der Waals surface area contributed by atoms with Crippen LogP contribution in [0.25, 0.3) is 0 Å². The number of halogens is 1. The van der Waals surface area contributed by atoms with Gasteiger partial charge in [0.25, 0.3) is 0 Å². The highest BCUT2D eigenvalue weighted by atomic mass is 32.2. The molecule has 0 aliphatic carbocycles. The van der Waals surface area contributed by atoms with Gasteiger partial charge in [-0.05, 0) is 23.8 Å². The molecular formula is C18H21FN2O3S2. The molecule has 0 atom stereocenters. The highest BCUT2D eigenvalue weighted by Gasteiger charge is 2.20. The summed E-state index contributed by atoms with van der Waals surface area (Å²) in [6, 6.07) is 15.1. The maximum Gasteiger partial charge on any atom is 0.240 e. The molecule has 0 fully saturated rings. The van der Waals surface area contributed by atoms with Crippen molar-refractivity contribution in [2.75, 3.05) is 29.4 Å². The third kappa shape index (κ3) is 6.68. The maximum atomic E-state index is 13.4. The molecule has 0 heterocycles. The van der Waals surface area contributed by atoms with Gasteiger partial charge in [0.05, 0.1) is 11.9 Å². The molecule has 2 aromatic carbocycles. The number of carbonyl (C=O) groups excluding carboxylic acids is 1. The molecule has 0 aliphatic heterocycles. The van der Waals surface area contributed by atoms with Crippen LogP contribution in [0, 0.1) is 5.82 Å². The number of hydrogen-bond donors (Lipinski definition) is 1. The van der Waals surface area contributed by atoms with Crippen molar-refractivity contribution in [2.24, 2.45) is 0 Å². The van der Waals surface area contributed by atoms with Gasteiger partial charge in [-0.1, -0.05) is 36.4 Å². The average molecular weight is 397 g/mol. The van der Waals surface area contributed by atoms with Crippen LogP contribution in [-0.2, 0) is 20.6 Å². The molecule has 0 unspecified atom stereocenters. The number of rotatable bonds is 9. The van der Waals surface area contributed by atoms with E-state index in [-0.39, 0.29) is 12.2 Å². The number of anilines is 1. The quantitative estimate of drug-likeness (QED) is 0.662. The van der Waals surface area contributed by atoms with Gasteiger partial charge >= 0.3 is 0 Å². The largest absolute Gasteiger partial charge is 0.354 e.